The topological polar surface area (TPSA) is 71.0 Å². The molecule has 0 radical (unpaired) electrons. The summed E-state index contributed by atoms with van der Waals surface area (Å²) in [6, 6.07) is 0.561. The molecule has 4 fully saturated rings. The second kappa shape index (κ2) is 7.27. The third-order valence-corrected chi connectivity index (χ3v) is 9.06. The zero-order valence-corrected chi connectivity index (χ0v) is 16.4. The van der Waals surface area contributed by atoms with E-state index in [1.807, 2.05) is 0 Å². The third kappa shape index (κ3) is 4.63. The molecule has 0 aromatic rings. The van der Waals surface area contributed by atoms with Crippen LogP contribution in [0.1, 0.15) is 32.1 Å². The van der Waals surface area contributed by atoms with Crippen molar-refractivity contribution in [2.45, 2.75) is 42.9 Å². The maximum Gasteiger partial charge on any atom is 0.194 e. The Morgan fingerprint density at radius 2 is 2.08 bits per heavy atom. The van der Waals surface area contributed by atoms with Crippen LogP contribution in [-0.2, 0) is 14.6 Å². The molecule has 3 saturated heterocycles. The van der Waals surface area contributed by atoms with Crippen LogP contribution in [0.2, 0.25) is 0 Å². The molecule has 0 amide bonds. The molecule has 0 bridgehead atoms. The first-order valence-corrected chi connectivity index (χ1v) is 12.3. The Kier molecular flexibility index (Phi) is 5.21. The van der Waals surface area contributed by atoms with Crippen LogP contribution in [-0.4, -0.2) is 80.2 Å². The zero-order chi connectivity index (χ0) is 17.3. The Hall–Kier alpha value is -0.470. The Morgan fingerprint density at radius 3 is 2.76 bits per heavy atom. The summed E-state index contributed by atoms with van der Waals surface area (Å²) >= 11 is 2.10. The molecule has 0 aromatic heterocycles. The van der Waals surface area contributed by atoms with Gasteiger partial charge >= 0.3 is 0 Å². The predicted octanol–water partition coefficient (Wildman–Crippen LogP) is 1.13. The van der Waals surface area contributed by atoms with Crippen molar-refractivity contribution in [1.82, 2.24) is 10.2 Å². The Balaban J connectivity index is 1.43. The number of ether oxygens (including phenoxy) is 1. The lowest BCUT2D eigenvalue weighted by atomic mass is 9.98. The summed E-state index contributed by atoms with van der Waals surface area (Å²) in [4.78, 5) is 7.30. The van der Waals surface area contributed by atoms with Crippen LogP contribution in [0.4, 0.5) is 0 Å². The van der Waals surface area contributed by atoms with E-state index in [1.165, 1.54) is 12.8 Å². The van der Waals surface area contributed by atoms with Crippen molar-refractivity contribution in [3.05, 3.63) is 0 Å². The molecular weight excluding hydrogens is 358 g/mol. The second-order valence-corrected chi connectivity index (χ2v) is 11.7. The van der Waals surface area contributed by atoms with E-state index in [0.29, 0.717) is 28.8 Å². The van der Waals surface area contributed by atoms with E-state index in [0.717, 1.165) is 57.3 Å². The first-order chi connectivity index (χ1) is 12.0. The molecule has 8 heteroatoms. The lowest BCUT2D eigenvalue weighted by molar-refractivity contribution is 0.0699. The maximum absolute atomic E-state index is 11.7. The molecule has 3 heterocycles. The van der Waals surface area contributed by atoms with Gasteiger partial charge in [-0.2, -0.15) is 11.8 Å². The number of guanidine groups is 1. The SMILES string of the molecule is O=S1(=O)CCC(CN=C(NC2CC2)N2CCSC3(CCOCC3)C2)C1. The van der Waals surface area contributed by atoms with E-state index in [-0.39, 0.29) is 5.92 Å². The normalized spacial score (nSPS) is 32.1. The van der Waals surface area contributed by atoms with Gasteiger partial charge in [0.2, 0.25) is 0 Å². The van der Waals surface area contributed by atoms with Gasteiger partial charge in [-0.05, 0) is 38.0 Å². The van der Waals surface area contributed by atoms with Gasteiger partial charge in [-0.3, -0.25) is 4.99 Å². The molecule has 4 rings (SSSR count). The molecular formula is C17H29N3O3S2. The van der Waals surface area contributed by atoms with E-state index >= 15 is 0 Å². The molecule has 1 saturated carbocycles. The van der Waals surface area contributed by atoms with Crippen LogP contribution in [0.15, 0.2) is 4.99 Å². The van der Waals surface area contributed by atoms with Crippen molar-refractivity contribution in [2.24, 2.45) is 10.9 Å². The maximum atomic E-state index is 11.7. The summed E-state index contributed by atoms with van der Waals surface area (Å²) in [5.41, 5.74) is 0. The van der Waals surface area contributed by atoms with Gasteiger partial charge in [0.1, 0.15) is 0 Å². The number of sulfone groups is 1. The fraction of sp³-hybridized carbons (Fsp3) is 0.941. The lowest BCUT2D eigenvalue weighted by Gasteiger charge is -2.45. The second-order valence-electron chi connectivity index (χ2n) is 7.92. The number of hydrogen-bond donors (Lipinski definition) is 1. The number of nitrogens with zero attached hydrogens (tertiary/aromatic N) is 2. The minimum atomic E-state index is -2.82. The van der Waals surface area contributed by atoms with Gasteiger partial charge in [-0.25, -0.2) is 8.42 Å². The van der Waals surface area contributed by atoms with Crippen molar-refractivity contribution in [2.75, 3.05) is 50.1 Å². The minimum absolute atomic E-state index is 0.192. The van der Waals surface area contributed by atoms with Crippen LogP contribution in [0, 0.1) is 5.92 Å². The van der Waals surface area contributed by atoms with Crippen molar-refractivity contribution in [1.29, 1.82) is 0 Å². The van der Waals surface area contributed by atoms with Crippen LogP contribution in [0.25, 0.3) is 0 Å². The predicted molar refractivity (Wildman–Crippen MR) is 102 cm³/mol. The first kappa shape index (κ1) is 17.9. The van der Waals surface area contributed by atoms with Crippen LogP contribution < -0.4 is 5.32 Å². The molecule has 0 aromatic carbocycles. The van der Waals surface area contributed by atoms with Gasteiger partial charge in [0.25, 0.3) is 0 Å². The fourth-order valence-electron chi connectivity index (χ4n) is 3.95. The van der Waals surface area contributed by atoms with E-state index in [1.54, 1.807) is 0 Å². The molecule has 1 N–H and O–H groups in total. The summed E-state index contributed by atoms with van der Waals surface area (Å²) in [6.45, 7) is 4.41. The van der Waals surface area contributed by atoms with E-state index in [9.17, 15) is 8.42 Å². The third-order valence-electron chi connectivity index (χ3n) is 5.69. The number of rotatable bonds is 3. The Morgan fingerprint density at radius 1 is 1.28 bits per heavy atom. The highest BCUT2D eigenvalue weighted by Gasteiger charge is 2.39. The van der Waals surface area contributed by atoms with Gasteiger partial charge in [-0.1, -0.05) is 0 Å². The van der Waals surface area contributed by atoms with Crippen molar-refractivity contribution in [3.8, 4) is 0 Å². The Labute approximate surface area is 155 Å². The molecule has 4 aliphatic rings. The zero-order valence-electron chi connectivity index (χ0n) is 14.8. The van der Waals surface area contributed by atoms with E-state index in [2.05, 4.69) is 22.0 Å². The summed E-state index contributed by atoms with van der Waals surface area (Å²) in [7, 11) is -2.82. The minimum Gasteiger partial charge on any atom is -0.381 e. The molecule has 1 aliphatic carbocycles. The monoisotopic (exact) mass is 387 g/mol. The van der Waals surface area contributed by atoms with Crippen LogP contribution >= 0.6 is 11.8 Å². The number of thioether (sulfide) groups is 1. The lowest BCUT2D eigenvalue weighted by Crippen LogP contribution is -2.55. The van der Waals surface area contributed by atoms with Crippen molar-refractivity contribution >= 4 is 27.6 Å². The van der Waals surface area contributed by atoms with Gasteiger partial charge in [0.15, 0.2) is 15.8 Å². The van der Waals surface area contributed by atoms with Gasteiger partial charge < -0.3 is 15.0 Å². The molecule has 6 nitrogen and oxygen atoms in total. The average molecular weight is 388 g/mol. The summed E-state index contributed by atoms with van der Waals surface area (Å²) in [6.07, 6.45) is 5.44. The fourth-order valence-corrected chi connectivity index (χ4v) is 7.25. The number of aliphatic imine (C=N–C) groups is 1. The molecule has 1 unspecified atom stereocenters. The highest BCUT2D eigenvalue weighted by atomic mass is 32.2. The quantitative estimate of drug-likeness (QED) is 0.578. The smallest absolute Gasteiger partial charge is 0.194 e. The van der Waals surface area contributed by atoms with Crippen molar-refractivity contribution < 1.29 is 13.2 Å². The molecule has 142 valence electrons. The van der Waals surface area contributed by atoms with Crippen LogP contribution in [0.3, 0.4) is 0 Å². The van der Waals surface area contributed by atoms with Crippen molar-refractivity contribution in [3.63, 3.8) is 0 Å². The largest absolute Gasteiger partial charge is 0.381 e. The van der Waals surface area contributed by atoms with E-state index < -0.39 is 9.84 Å². The van der Waals surface area contributed by atoms with E-state index in [4.69, 9.17) is 9.73 Å². The van der Waals surface area contributed by atoms with Gasteiger partial charge in [-0.15, -0.1) is 0 Å². The molecule has 3 aliphatic heterocycles. The standard InChI is InChI=1S/C17H29N3O3S2/c21-25(22)10-3-14(12-25)11-18-16(19-15-1-2-15)20-6-9-24-17(13-20)4-7-23-8-5-17/h14-15H,1-13H2,(H,18,19). The first-order valence-electron chi connectivity index (χ1n) is 9.52. The highest BCUT2D eigenvalue weighted by Crippen LogP contribution is 2.39. The molecule has 25 heavy (non-hydrogen) atoms. The average Bonchev–Trinajstić information content (AvgIpc) is 3.34. The summed E-state index contributed by atoms with van der Waals surface area (Å²) < 4.78 is 29.2. The molecule has 1 atom stereocenters. The number of hydrogen-bond acceptors (Lipinski definition) is 5. The summed E-state index contributed by atoms with van der Waals surface area (Å²) in [5.74, 6) is 2.98. The van der Waals surface area contributed by atoms with Gasteiger partial charge in [0.05, 0.1) is 11.5 Å². The Bertz CT molecular complexity index is 607. The van der Waals surface area contributed by atoms with Gasteiger partial charge in [0, 0.05) is 49.4 Å². The highest BCUT2D eigenvalue weighted by molar-refractivity contribution is 8.00. The summed E-state index contributed by atoms with van der Waals surface area (Å²) in [5, 5.41) is 3.61. The van der Waals surface area contributed by atoms with Crippen LogP contribution in [0.5, 0.6) is 0 Å². The molecule has 1 spiro atoms. The number of nitrogens with one attached hydrogen (secondary N) is 1.